The highest BCUT2D eigenvalue weighted by Gasteiger charge is 2.25. The van der Waals surface area contributed by atoms with Crippen molar-refractivity contribution in [3.8, 4) is 11.4 Å². The van der Waals surface area contributed by atoms with Crippen molar-refractivity contribution in [1.82, 2.24) is 40.3 Å². The van der Waals surface area contributed by atoms with E-state index in [-0.39, 0.29) is 59.3 Å². The van der Waals surface area contributed by atoms with Crippen LogP contribution in [0.3, 0.4) is 0 Å². The Kier molecular flexibility index (Phi) is 10.8. The number of carbonyl (C=O) groups excluding carboxylic acids is 3. The molecule has 5 rings (SSSR count). The number of aryl methyl sites for hydroxylation is 1. The summed E-state index contributed by atoms with van der Waals surface area (Å²) in [7, 11) is 3.67. The van der Waals surface area contributed by atoms with Gasteiger partial charge in [-0.15, -0.1) is 0 Å². The second-order valence-corrected chi connectivity index (χ2v) is 10.0. The molecule has 0 radical (unpaired) electrons. The van der Waals surface area contributed by atoms with Gasteiger partial charge in [-0.3, -0.25) is 34.8 Å². The lowest BCUT2D eigenvalue weighted by atomic mass is 10.1. The number of nitrogens with zero attached hydrogens (tertiary/aromatic N) is 6. The number of aromatic nitrogens is 4. The number of aromatic amines is 1. The van der Waals surface area contributed by atoms with Crippen molar-refractivity contribution in [2.24, 2.45) is 18.7 Å². The number of amides is 1. The van der Waals surface area contributed by atoms with Crippen LogP contribution in [-0.4, -0.2) is 105 Å². The largest absolute Gasteiger partial charge is 0.395 e. The number of benzene rings is 1. The standard InChI is InChI=1S/C16H14FN5O4.C12H22N6/c1-22-11(16(26)18-2-3-23)4-10(21-22)14-15-13(9(17)6-20-14)8(5-19-15)12(25)7-24;1-16-7-9-17(10-8-16)12(15-13)18(14)11-5-3-2-4-6-11/h4-7,19,23H,2-3H2,1H3,(H,18,26);2-6,12,15H,7-10,13-14H2,1H3. The van der Waals surface area contributed by atoms with E-state index in [0.29, 0.717) is 0 Å². The summed E-state index contributed by atoms with van der Waals surface area (Å²) in [6.45, 7) is 3.85. The molecule has 1 amide bonds. The Morgan fingerprint density at radius 1 is 1.20 bits per heavy atom. The minimum absolute atomic E-state index is 0.0657. The highest BCUT2D eigenvalue weighted by Crippen LogP contribution is 2.29. The van der Waals surface area contributed by atoms with Gasteiger partial charge in [0.05, 0.1) is 35.0 Å². The second kappa shape index (κ2) is 14.7. The number of aldehydes is 1. The van der Waals surface area contributed by atoms with Crippen LogP contribution in [0.15, 0.2) is 48.8 Å². The van der Waals surface area contributed by atoms with Crippen LogP contribution < -0.4 is 27.4 Å². The Morgan fingerprint density at radius 3 is 2.55 bits per heavy atom. The molecular formula is C28H36FN11O4. The van der Waals surface area contributed by atoms with Crippen molar-refractivity contribution in [3.05, 3.63) is 65.9 Å². The number of Topliss-reactive ketones (excluding diaryl/α,β-unsaturated/α-hetero) is 1. The number of carbonyl (C=O) groups is 3. The Morgan fingerprint density at radius 2 is 1.91 bits per heavy atom. The van der Waals surface area contributed by atoms with E-state index < -0.39 is 17.5 Å². The molecule has 234 valence electrons. The molecule has 16 heteroatoms. The fourth-order valence-corrected chi connectivity index (χ4v) is 4.79. The van der Waals surface area contributed by atoms with Gasteiger partial charge in [0.25, 0.3) is 5.91 Å². The molecule has 0 saturated carbocycles. The van der Waals surface area contributed by atoms with Crippen molar-refractivity contribution in [2.75, 3.05) is 51.4 Å². The first kappa shape index (κ1) is 32.3. The number of pyridine rings is 1. The zero-order valence-electron chi connectivity index (χ0n) is 24.4. The van der Waals surface area contributed by atoms with Gasteiger partial charge in [0, 0.05) is 46.0 Å². The Balaban J connectivity index is 0.000000215. The highest BCUT2D eigenvalue weighted by atomic mass is 19.1. The molecule has 1 atom stereocenters. The van der Waals surface area contributed by atoms with E-state index in [9.17, 15) is 18.8 Å². The molecule has 1 aliphatic rings. The lowest BCUT2D eigenvalue weighted by Crippen LogP contribution is -2.65. The van der Waals surface area contributed by atoms with E-state index in [2.05, 4.69) is 42.7 Å². The van der Waals surface area contributed by atoms with Gasteiger partial charge < -0.3 is 20.3 Å². The number of halogens is 1. The number of nitrogens with one attached hydrogen (secondary N) is 3. The number of ketones is 1. The molecule has 0 aliphatic carbocycles. The number of nitrogens with two attached hydrogens (primary N) is 2. The van der Waals surface area contributed by atoms with Crippen LogP contribution in [0.2, 0.25) is 0 Å². The molecule has 0 bridgehead atoms. The van der Waals surface area contributed by atoms with Crippen molar-refractivity contribution >= 4 is 34.6 Å². The normalized spacial score (nSPS) is 14.5. The zero-order valence-corrected chi connectivity index (χ0v) is 24.4. The molecule has 8 N–H and O–H groups in total. The molecule has 0 spiro atoms. The van der Waals surface area contributed by atoms with E-state index in [1.165, 1.54) is 16.9 Å². The van der Waals surface area contributed by atoms with Crippen LogP contribution in [0.1, 0.15) is 20.8 Å². The molecule has 3 aromatic heterocycles. The number of hydrazine groups is 2. The van der Waals surface area contributed by atoms with Crippen LogP contribution in [0.5, 0.6) is 0 Å². The number of rotatable bonds is 10. The highest BCUT2D eigenvalue weighted by molar-refractivity contribution is 6.36. The number of fused-ring (bicyclic) bond motifs is 1. The van der Waals surface area contributed by atoms with Crippen molar-refractivity contribution in [2.45, 2.75) is 6.29 Å². The van der Waals surface area contributed by atoms with Gasteiger partial charge in [-0.05, 0) is 25.2 Å². The van der Waals surface area contributed by atoms with Crippen LogP contribution in [0.25, 0.3) is 22.3 Å². The summed E-state index contributed by atoms with van der Waals surface area (Å²) in [5.41, 5.74) is 4.54. The predicted octanol–water partition coefficient (Wildman–Crippen LogP) is -0.433. The maximum atomic E-state index is 14.2. The number of hydrogen-bond acceptors (Lipinski definition) is 12. The molecule has 44 heavy (non-hydrogen) atoms. The van der Waals surface area contributed by atoms with E-state index in [1.54, 1.807) is 12.1 Å². The second-order valence-electron chi connectivity index (χ2n) is 10.0. The van der Waals surface area contributed by atoms with E-state index in [1.807, 2.05) is 30.3 Å². The summed E-state index contributed by atoms with van der Waals surface area (Å²) < 4.78 is 15.5. The summed E-state index contributed by atoms with van der Waals surface area (Å²) in [5, 5.41) is 17.1. The van der Waals surface area contributed by atoms with Gasteiger partial charge in [0.2, 0.25) is 5.78 Å². The van der Waals surface area contributed by atoms with Gasteiger partial charge in [-0.1, -0.05) is 18.2 Å². The van der Waals surface area contributed by atoms with E-state index >= 15 is 0 Å². The number of anilines is 1. The van der Waals surface area contributed by atoms with Crippen molar-refractivity contribution in [1.29, 1.82) is 0 Å². The fourth-order valence-electron chi connectivity index (χ4n) is 4.79. The van der Waals surface area contributed by atoms with Crippen molar-refractivity contribution in [3.63, 3.8) is 0 Å². The Hall–Kier alpha value is -4.58. The van der Waals surface area contributed by atoms with Crippen LogP contribution >= 0.6 is 0 Å². The molecular weight excluding hydrogens is 573 g/mol. The van der Waals surface area contributed by atoms with Crippen LogP contribution in [0.4, 0.5) is 10.1 Å². The molecule has 4 heterocycles. The summed E-state index contributed by atoms with van der Waals surface area (Å²) in [6, 6.07) is 11.3. The Labute approximate surface area is 252 Å². The van der Waals surface area contributed by atoms with Crippen molar-refractivity contribution < 1.29 is 23.9 Å². The van der Waals surface area contributed by atoms with E-state index in [0.717, 1.165) is 38.1 Å². The lowest BCUT2D eigenvalue weighted by Gasteiger charge is -2.41. The topological polar surface area (TPSA) is 204 Å². The Bertz CT molecular complexity index is 1590. The van der Waals surface area contributed by atoms with Gasteiger partial charge in [-0.25, -0.2) is 20.6 Å². The van der Waals surface area contributed by atoms with Gasteiger partial charge in [0.1, 0.15) is 17.1 Å². The first-order chi connectivity index (χ1) is 21.2. The molecule has 1 saturated heterocycles. The maximum absolute atomic E-state index is 14.2. The number of hydrogen-bond donors (Lipinski definition) is 6. The van der Waals surface area contributed by atoms with Crippen LogP contribution in [0, 0.1) is 5.82 Å². The summed E-state index contributed by atoms with van der Waals surface area (Å²) in [6.07, 6.45) is 2.08. The summed E-state index contributed by atoms with van der Waals surface area (Å²) in [5.74, 6) is 9.74. The first-order valence-electron chi connectivity index (χ1n) is 13.8. The first-order valence-corrected chi connectivity index (χ1v) is 13.8. The average Bonchev–Trinajstić information content (AvgIpc) is 3.66. The van der Waals surface area contributed by atoms with Crippen LogP contribution in [-0.2, 0) is 11.8 Å². The monoisotopic (exact) mass is 609 g/mol. The summed E-state index contributed by atoms with van der Waals surface area (Å²) in [4.78, 5) is 45.8. The fraction of sp³-hybridized carbons (Fsp3) is 0.321. The number of para-hydroxylation sites is 1. The predicted molar refractivity (Wildman–Crippen MR) is 161 cm³/mol. The number of H-pyrrole nitrogens is 1. The molecule has 1 aliphatic heterocycles. The third-order valence-corrected chi connectivity index (χ3v) is 7.14. The average molecular weight is 610 g/mol. The minimum atomic E-state index is -0.864. The summed E-state index contributed by atoms with van der Waals surface area (Å²) >= 11 is 0. The van der Waals surface area contributed by atoms with Gasteiger partial charge in [-0.2, -0.15) is 5.10 Å². The molecule has 4 aromatic rings. The third kappa shape index (κ3) is 7.13. The SMILES string of the molecule is CN1CCN(C(NN)N(N)c2ccccc2)CC1.Cn1nc(-c2ncc(F)c3c(C(=O)C=O)c[nH]c23)cc1C(=O)NCCO. The third-order valence-electron chi connectivity index (χ3n) is 7.14. The van der Waals surface area contributed by atoms with E-state index in [4.69, 9.17) is 16.8 Å². The smallest absolute Gasteiger partial charge is 0.269 e. The number of aliphatic hydroxyl groups excluding tert-OH is 1. The molecule has 1 unspecified atom stereocenters. The zero-order chi connectivity index (χ0) is 31.8. The maximum Gasteiger partial charge on any atom is 0.269 e. The lowest BCUT2D eigenvalue weighted by molar-refractivity contribution is -0.104. The number of likely N-dealkylation sites (N-methyl/N-ethyl adjacent to an activating group) is 1. The molecule has 15 nitrogen and oxygen atoms in total. The molecule has 1 aromatic carbocycles. The molecule has 1 fully saturated rings. The minimum Gasteiger partial charge on any atom is -0.395 e. The van der Waals surface area contributed by atoms with Gasteiger partial charge >= 0.3 is 0 Å². The number of aliphatic hydroxyl groups is 1. The van der Waals surface area contributed by atoms with Gasteiger partial charge in [0.15, 0.2) is 18.4 Å². The number of piperazine rings is 1. The quantitative estimate of drug-likeness (QED) is 0.0339.